The SMILES string of the molecule is COCC[N+]1=C(/C=C/C=C/C=C/C=C2/N(CCOCCOCCOCCC(=O)ON3C(=O)CCC3=O)c3ccc(S(=O)(=O)O)cc3C2(C)CCOC)C(C)(CCCS(=O)(=O)O)c2cc(S(=O)(=O)O)ccc21. The van der Waals surface area contributed by atoms with E-state index in [0.717, 1.165) is 5.70 Å². The molecule has 0 aromatic heterocycles. The van der Waals surface area contributed by atoms with Crippen molar-refractivity contribution < 1.29 is 86.4 Å². The first-order valence-electron chi connectivity index (χ1n) is 22.7. The molecule has 3 aliphatic heterocycles. The number of anilines is 1. The fraction of sp³-hybridized carbons (Fsp3) is 0.489. The molecule has 0 spiro atoms. The second-order valence-electron chi connectivity index (χ2n) is 17.1. The minimum atomic E-state index is -4.57. The zero-order valence-corrected chi connectivity index (χ0v) is 42.5. The average Bonchev–Trinajstić information content (AvgIpc) is 3.83. The summed E-state index contributed by atoms with van der Waals surface area (Å²) in [5, 5.41) is 0.483. The molecule has 0 radical (unpaired) electrons. The summed E-state index contributed by atoms with van der Waals surface area (Å²) >= 11 is 0. The van der Waals surface area contributed by atoms with Gasteiger partial charge >= 0.3 is 5.97 Å². The molecule has 21 nitrogen and oxygen atoms in total. The van der Waals surface area contributed by atoms with Gasteiger partial charge in [0.15, 0.2) is 12.3 Å². The smallest absolute Gasteiger partial charge is 0.335 e. The van der Waals surface area contributed by atoms with E-state index in [1.54, 1.807) is 50.7 Å². The maximum absolute atomic E-state index is 12.3. The number of methoxy groups -OCH3 is 2. The summed E-state index contributed by atoms with van der Waals surface area (Å²) in [4.78, 5) is 41.4. The van der Waals surface area contributed by atoms with Gasteiger partial charge in [0.05, 0.1) is 67.0 Å². The molecule has 3 aliphatic rings. The summed E-state index contributed by atoms with van der Waals surface area (Å²) in [6.45, 7) is 6.22. The molecule has 2 amide bonds. The van der Waals surface area contributed by atoms with Crippen molar-refractivity contribution in [1.29, 1.82) is 0 Å². The Balaban J connectivity index is 1.28. The van der Waals surface area contributed by atoms with E-state index in [1.165, 1.54) is 24.3 Å². The number of hydrogen-bond donors (Lipinski definition) is 3. The Morgan fingerprint density at radius 2 is 1.28 bits per heavy atom. The molecule has 5 rings (SSSR count). The van der Waals surface area contributed by atoms with E-state index in [4.69, 9.17) is 28.5 Å². The molecular formula is C47H62N3O18S3+. The maximum atomic E-state index is 12.3. The van der Waals surface area contributed by atoms with Crippen molar-refractivity contribution in [2.24, 2.45) is 0 Å². The van der Waals surface area contributed by atoms with Gasteiger partial charge in [-0.15, -0.1) is 5.06 Å². The van der Waals surface area contributed by atoms with Crippen LogP contribution in [0, 0.1) is 0 Å². The number of carbonyl (C=O) groups is 3. The molecule has 0 aliphatic carbocycles. The molecule has 3 heterocycles. The van der Waals surface area contributed by atoms with Gasteiger partial charge in [0.2, 0.25) is 5.69 Å². The van der Waals surface area contributed by atoms with Crippen LogP contribution in [-0.4, -0.2) is 158 Å². The Hall–Kier alpha value is -4.99. The number of hydrogen-bond acceptors (Lipinski definition) is 16. The van der Waals surface area contributed by atoms with Crippen molar-refractivity contribution in [2.75, 3.05) is 90.8 Å². The third kappa shape index (κ3) is 15.0. The summed E-state index contributed by atoms with van der Waals surface area (Å²) in [6.07, 6.45) is 13.2. The van der Waals surface area contributed by atoms with Gasteiger partial charge < -0.3 is 33.4 Å². The normalized spacial score (nSPS) is 20.2. The highest BCUT2D eigenvalue weighted by molar-refractivity contribution is 7.86. The molecule has 0 bridgehead atoms. The minimum absolute atomic E-state index is 0.00117. The number of benzene rings is 2. The van der Waals surface area contributed by atoms with E-state index in [2.05, 4.69) is 0 Å². The van der Waals surface area contributed by atoms with Crippen molar-refractivity contribution in [2.45, 2.75) is 73.0 Å². The van der Waals surface area contributed by atoms with Crippen LogP contribution in [0.3, 0.4) is 0 Å². The quantitative estimate of drug-likeness (QED) is 0.0337. The lowest BCUT2D eigenvalue weighted by atomic mass is 9.76. The van der Waals surface area contributed by atoms with E-state index < -0.39 is 64.7 Å². The van der Waals surface area contributed by atoms with E-state index in [-0.39, 0.29) is 81.5 Å². The van der Waals surface area contributed by atoms with Crippen molar-refractivity contribution >= 4 is 65.2 Å². The zero-order chi connectivity index (χ0) is 52.0. The number of hydroxylamine groups is 2. The van der Waals surface area contributed by atoms with Crippen LogP contribution in [0.15, 0.2) is 94.4 Å². The summed E-state index contributed by atoms with van der Waals surface area (Å²) in [6, 6.07) is 8.70. The summed E-state index contributed by atoms with van der Waals surface area (Å²) in [5.41, 5.74) is 2.35. The first-order chi connectivity index (χ1) is 33.5. The number of allylic oxidation sites excluding steroid dienone is 8. The van der Waals surface area contributed by atoms with Crippen LogP contribution in [0.2, 0.25) is 0 Å². The Kier molecular flexibility index (Phi) is 20.1. The van der Waals surface area contributed by atoms with Crippen LogP contribution in [-0.2, 0) is 84.1 Å². The number of carbonyl (C=O) groups excluding carboxylic acids is 3. The van der Waals surface area contributed by atoms with Gasteiger partial charge in [-0.25, -0.2) is 4.79 Å². The monoisotopic (exact) mass is 1050 g/mol. The van der Waals surface area contributed by atoms with Gasteiger partial charge in [0.1, 0.15) is 6.61 Å². The molecule has 3 N–H and O–H groups in total. The summed E-state index contributed by atoms with van der Waals surface area (Å²) < 4.78 is 131. The Morgan fingerprint density at radius 1 is 0.704 bits per heavy atom. The lowest BCUT2D eigenvalue weighted by molar-refractivity contribution is -0.441. The van der Waals surface area contributed by atoms with Gasteiger partial charge in [-0.05, 0) is 75.1 Å². The predicted octanol–water partition coefficient (Wildman–Crippen LogP) is 4.26. The Bertz CT molecular complexity index is 2750. The number of nitrogens with zero attached hydrogens (tertiary/aromatic N) is 3. The van der Waals surface area contributed by atoms with Crippen LogP contribution >= 0.6 is 0 Å². The van der Waals surface area contributed by atoms with Crippen LogP contribution in [0.25, 0.3) is 0 Å². The van der Waals surface area contributed by atoms with Crippen LogP contribution in [0.4, 0.5) is 11.4 Å². The van der Waals surface area contributed by atoms with Gasteiger partial charge in [-0.2, -0.15) is 29.8 Å². The van der Waals surface area contributed by atoms with Crippen molar-refractivity contribution in [3.05, 3.63) is 95.8 Å². The zero-order valence-electron chi connectivity index (χ0n) is 40.1. The van der Waals surface area contributed by atoms with E-state index >= 15 is 0 Å². The summed E-state index contributed by atoms with van der Waals surface area (Å²) in [5.74, 6) is -2.40. The molecule has 71 heavy (non-hydrogen) atoms. The molecule has 390 valence electrons. The third-order valence-electron chi connectivity index (χ3n) is 12.2. The molecule has 2 aromatic carbocycles. The van der Waals surface area contributed by atoms with Crippen molar-refractivity contribution in [3.63, 3.8) is 0 Å². The second-order valence-corrected chi connectivity index (χ2v) is 21.5. The summed E-state index contributed by atoms with van der Waals surface area (Å²) in [7, 11) is -10.3. The van der Waals surface area contributed by atoms with Crippen LogP contribution in [0.5, 0.6) is 0 Å². The number of amides is 2. The third-order valence-corrected chi connectivity index (χ3v) is 14.7. The van der Waals surface area contributed by atoms with Gasteiger partial charge in [0, 0.05) is 74.7 Å². The number of imide groups is 1. The standard InChI is InChI=1S/C47H61N3O18S3/c1-46(20-10-32-69(54,55)56)37-33-35(70(57,58)59)13-15-39(37)48(22-26-64-4)41(46)11-8-6-5-7-9-12-42-47(2,21-25-63-3)38-34-36(71(60,61)62)14-16-40(38)49(42)23-27-66-29-31-67-30-28-65-24-19-45(53)68-50-43(51)17-18-44(50)52/h5-9,11-16,33-34H,10,17-32H2,1-4H3,(H2-,54,55,56,57,58,59,60,61,62)/p+1. The predicted molar refractivity (Wildman–Crippen MR) is 258 cm³/mol. The van der Waals surface area contributed by atoms with Crippen LogP contribution in [0.1, 0.15) is 63.5 Å². The first kappa shape index (κ1) is 56.9. The highest BCUT2D eigenvalue weighted by Crippen LogP contribution is 2.51. The molecule has 0 saturated carbocycles. The molecule has 1 fully saturated rings. The Morgan fingerprint density at radius 3 is 1.90 bits per heavy atom. The van der Waals surface area contributed by atoms with Crippen molar-refractivity contribution in [1.82, 2.24) is 5.06 Å². The van der Waals surface area contributed by atoms with Gasteiger partial charge in [-0.1, -0.05) is 30.4 Å². The van der Waals surface area contributed by atoms with E-state index in [0.29, 0.717) is 66.0 Å². The van der Waals surface area contributed by atoms with E-state index in [9.17, 15) is 53.3 Å². The Labute approximate surface area is 414 Å². The highest BCUT2D eigenvalue weighted by Gasteiger charge is 2.48. The van der Waals surface area contributed by atoms with Crippen molar-refractivity contribution in [3.8, 4) is 0 Å². The minimum Gasteiger partial charge on any atom is -0.385 e. The molecule has 2 atom stereocenters. The average molecular weight is 1050 g/mol. The molecule has 2 unspecified atom stereocenters. The van der Waals surface area contributed by atoms with Gasteiger partial charge in [-0.3, -0.25) is 23.2 Å². The topological polar surface area (TPSA) is 279 Å². The number of ether oxygens (including phenoxy) is 5. The molecule has 1 saturated heterocycles. The second kappa shape index (κ2) is 25.1. The molecule has 2 aromatic rings. The number of rotatable bonds is 29. The molecule has 24 heteroatoms. The van der Waals surface area contributed by atoms with Gasteiger partial charge in [0.25, 0.3) is 42.2 Å². The van der Waals surface area contributed by atoms with E-state index in [1.807, 2.05) is 41.6 Å². The van der Waals surface area contributed by atoms with Crippen LogP contribution < -0.4 is 4.90 Å². The lowest BCUT2D eigenvalue weighted by Crippen LogP contribution is -2.32. The first-order valence-corrected chi connectivity index (χ1v) is 27.2. The molecular weight excluding hydrogens is 991 g/mol. The largest absolute Gasteiger partial charge is 0.385 e. The fourth-order valence-corrected chi connectivity index (χ4v) is 10.2. The fourth-order valence-electron chi connectivity index (χ4n) is 8.63. The highest BCUT2D eigenvalue weighted by atomic mass is 32.2. The lowest BCUT2D eigenvalue weighted by Gasteiger charge is -2.30. The number of fused-ring (bicyclic) bond motifs is 2. The maximum Gasteiger partial charge on any atom is 0.335 e.